The highest BCUT2D eigenvalue weighted by Gasteiger charge is 2.02. The number of carbonyl (C=O) groups excluding carboxylic acids is 1. The van der Waals surface area contributed by atoms with Crippen molar-refractivity contribution in [3.8, 4) is 5.75 Å². The highest BCUT2D eigenvalue weighted by Crippen LogP contribution is 2.22. The molecule has 6 heteroatoms. The monoisotopic (exact) mass is 313 g/mol. The van der Waals surface area contributed by atoms with Crippen molar-refractivity contribution >= 4 is 28.2 Å². The van der Waals surface area contributed by atoms with Crippen LogP contribution in [0.25, 0.3) is 0 Å². The number of hydrogen-bond donors (Lipinski definition) is 2. The summed E-state index contributed by atoms with van der Waals surface area (Å²) in [6.45, 7) is 2.76. The molecule has 0 aliphatic carbocycles. The largest absolute Gasteiger partial charge is 0.493 e. The smallest absolute Gasteiger partial charge is 0.332 e. The first kappa shape index (κ1) is 14.5. The summed E-state index contributed by atoms with van der Waals surface area (Å²) in [5.74, 6) is 0.724. The van der Waals surface area contributed by atoms with E-state index in [0.29, 0.717) is 6.61 Å². The average molecular weight is 314 g/mol. The van der Waals surface area contributed by atoms with Crippen LogP contribution in [0.5, 0.6) is 5.75 Å². The van der Waals surface area contributed by atoms with Gasteiger partial charge in [-0.25, -0.2) is 10.2 Å². The fourth-order valence-corrected chi connectivity index (χ4v) is 1.62. The van der Waals surface area contributed by atoms with Gasteiger partial charge in [-0.3, -0.25) is 0 Å². The maximum atomic E-state index is 10.5. The Kier molecular flexibility index (Phi) is 6.21. The van der Waals surface area contributed by atoms with Crippen molar-refractivity contribution in [1.29, 1.82) is 0 Å². The third-order valence-corrected chi connectivity index (χ3v) is 2.60. The zero-order valence-corrected chi connectivity index (χ0v) is 11.7. The quantitative estimate of drug-likeness (QED) is 0.481. The van der Waals surface area contributed by atoms with E-state index in [9.17, 15) is 4.79 Å². The van der Waals surface area contributed by atoms with Crippen LogP contribution in [0.15, 0.2) is 27.8 Å². The van der Waals surface area contributed by atoms with E-state index in [1.165, 1.54) is 6.21 Å². The number of amides is 2. The lowest BCUT2D eigenvalue weighted by atomic mass is 10.2. The second-order valence-electron chi connectivity index (χ2n) is 3.62. The van der Waals surface area contributed by atoms with E-state index < -0.39 is 6.03 Å². The van der Waals surface area contributed by atoms with Crippen molar-refractivity contribution in [2.75, 3.05) is 6.61 Å². The summed E-state index contributed by atoms with van der Waals surface area (Å²) in [4.78, 5) is 10.5. The lowest BCUT2D eigenvalue weighted by molar-refractivity contribution is 0.249. The van der Waals surface area contributed by atoms with Gasteiger partial charge in [-0.05, 0) is 24.6 Å². The Morgan fingerprint density at radius 1 is 1.61 bits per heavy atom. The highest BCUT2D eigenvalue weighted by atomic mass is 79.9. The summed E-state index contributed by atoms with van der Waals surface area (Å²) in [7, 11) is 0. The van der Waals surface area contributed by atoms with Gasteiger partial charge in [0.2, 0.25) is 0 Å². The number of nitrogens with zero attached hydrogens (tertiary/aromatic N) is 1. The zero-order valence-electron chi connectivity index (χ0n) is 10.1. The van der Waals surface area contributed by atoms with Crippen LogP contribution in [-0.4, -0.2) is 18.9 Å². The molecule has 0 aliphatic rings. The number of nitrogens with one attached hydrogen (secondary N) is 1. The van der Waals surface area contributed by atoms with Crippen LogP contribution < -0.4 is 15.9 Å². The van der Waals surface area contributed by atoms with Crippen LogP contribution in [0.2, 0.25) is 0 Å². The highest BCUT2D eigenvalue weighted by molar-refractivity contribution is 9.10. The first-order valence-electron chi connectivity index (χ1n) is 5.64. The average Bonchev–Trinajstić information content (AvgIpc) is 2.31. The molecule has 2 amide bonds. The molecule has 0 saturated carbocycles. The Hall–Kier alpha value is -1.56. The Morgan fingerprint density at radius 2 is 2.39 bits per heavy atom. The van der Waals surface area contributed by atoms with E-state index in [1.54, 1.807) is 0 Å². The summed E-state index contributed by atoms with van der Waals surface area (Å²) in [6.07, 6.45) is 3.56. The number of hydrazone groups is 1. The molecule has 0 radical (unpaired) electrons. The molecule has 0 aliphatic heterocycles. The zero-order chi connectivity index (χ0) is 13.4. The fourth-order valence-electron chi connectivity index (χ4n) is 1.24. The van der Waals surface area contributed by atoms with E-state index >= 15 is 0 Å². The Balaban J connectivity index is 2.76. The molecule has 0 heterocycles. The Morgan fingerprint density at radius 3 is 3.06 bits per heavy atom. The third-order valence-electron chi connectivity index (χ3n) is 2.11. The predicted molar refractivity (Wildman–Crippen MR) is 74.9 cm³/mol. The van der Waals surface area contributed by atoms with E-state index in [0.717, 1.165) is 28.6 Å². The summed E-state index contributed by atoms with van der Waals surface area (Å²) < 4.78 is 6.54. The van der Waals surface area contributed by atoms with Crippen molar-refractivity contribution in [2.45, 2.75) is 19.8 Å². The Bertz CT molecular complexity index is 435. The lowest BCUT2D eigenvalue weighted by Crippen LogP contribution is -2.24. The van der Waals surface area contributed by atoms with E-state index in [-0.39, 0.29) is 0 Å². The molecule has 1 rings (SSSR count). The van der Waals surface area contributed by atoms with Gasteiger partial charge in [0.1, 0.15) is 5.75 Å². The normalized spacial score (nSPS) is 10.6. The summed E-state index contributed by atoms with van der Waals surface area (Å²) in [5, 5.41) is 3.72. The number of urea groups is 1. The second-order valence-corrected chi connectivity index (χ2v) is 4.53. The summed E-state index contributed by atoms with van der Waals surface area (Å²) in [6, 6.07) is 4.90. The number of benzene rings is 1. The van der Waals surface area contributed by atoms with Crippen molar-refractivity contribution in [1.82, 2.24) is 5.43 Å². The van der Waals surface area contributed by atoms with Gasteiger partial charge in [0.25, 0.3) is 0 Å². The molecule has 3 N–H and O–H groups in total. The molecular weight excluding hydrogens is 298 g/mol. The topological polar surface area (TPSA) is 76.7 Å². The molecule has 0 atom stereocenters. The van der Waals surface area contributed by atoms with Gasteiger partial charge in [-0.1, -0.05) is 29.3 Å². The molecule has 0 saturated heterocycles. The minimum absolute atomic E-state index is 0.655. The molecule has 5 nitrogen and oxygen atoms in total. The number of rotatable bonds is 6. The predicted octanol–water partition coefficient (Wildman–Crippen LogP) is 2.63. The van der Waals surface area contributed by atoms with Crippen LogP contribution >= 0.6 is 15.9 Å². The number of halogens is 1. The molecule has 18 heavy (non-hydrogen) atoms. The van der Waals surface area contributed by atoms with E-state index in [4.69, 9.17) is 10.5 Å². The lowest BCUT2D eigenvalue weighted by Gasteiger charge is -2.08. The molecule has 0 fully saturated rings. The molecule has 0 spiro atoms. The summed E-state index contributed by atoms with van der Waals surface area (Å²) >= 11 is 3.37. The van der Waals surface area contributed by atoms with Gasteiger partial charge < -0.3 is 10.5 Å². The Labute approximate surface area is 115 Å². The SMILES string of the molecule is CCCCOc1ccc(Br)cc1/C=N/NC(N)=O. The first-order chi connectivity index (χ1) is 8.63. The molecule has 0 unspecified atom stereocenters. The maximum absolute atomic E-state index is 10.5. The van der Waals surface area contributed by atoms with Gasteiger partial charge >= 0.3 is 6.03 Å². The van der Waals surface area contributed by atoms with Gasteiger partial charge in [0.05, 0.1) is 12.8 Å². The van der Waals surface area contributed by atoms with Gasteiger partial charge in [0.15, 0.2) is 0 Å². The number of carbonyl (C=O) groups is 1. The minimum Gasteiger partial charge on any atom is -0.493 e. The van der Waals surface area contributed by atoms with Crippen molar-refractivity contribution in [3.05, 3.63) is 28.2 Å². The third kappa shape index (κ3) is 5.18. The van der Waals surface area contributed by atoms with Crippen LogP contribution in [0.1, 0.15) is 25.3 Å². The molecular formula is C12H16BrN3O2. The number of hydrogen-bond acceptors (Lipinski definition) is 3. The van der Waals surface area contributed by atoms with Gasteiger partial charge in [-0.15, -0.1) is 0 Å². The van der Waals surface area contributed by atoms with Crippen molar-refractivity contribution < 1.29 is 9.53 Å². The second kappa shape index (κ2) is 7.71. The molecule has 0 aromatic heterocycles. The van der Waals surface area contributed by atoms with Crippen LogP contribution in [0.4, 0.5) is 4.79 Å². The van der Waals surface area contributed by atoms with Crippen molar-refractivity contribution in [3.63, 3.8) is 0 Å². The van der Waals surface area contributed by atoms with Crippen LogP contribution in [-0.2, 0) is 0 Å². The number of nitrogens with two attached hydrogens (primary N) is 1. The van der Waals surface area contributed by atoms with Crippen LogP contribution in [0.3, 0.4) is 0 Å². The van der Waals surface area contributed by atoms with Gasteiger partial charge in [-0.2, -0.15) is 5.10 Å². The van der Waals surface area contributed by atoms with Crippen LogP contribution in [0, 0.1) is 0 Å². The first-order valence-corrected chi connectivity index (χ1v) is 6.43. The fraction of sp³-hybridized carbons (Fsp3) is 0.333. The molecule has 98 valence electrons. The number of primary amides is 1. The van der Waals surface area contributed by atoms with Gasteiger partial charge in [0, 0.05) is 10.0 Å². The summed E-state index contributed by atoms with van der Waals surface area (Å²) in [5.41, 5.74) is 7.84. The van der Waals surface area contributed by atoms with E-state index in [1.807, 2.05) is 18.2 Å². The minimum atomic E-state index is -0.699. The van der Waals surface area contributed by atoms with E-state index in [2.05, 4.69) is 33.4 Å². The number of unbranched alkanes of at least 4 members (excludes halogenated alkanes) is 1. The molecule has 0 bridgehead atoms. The standard InChI is InChI=1S/C12H16BrN3O2/c1-2-3-6-18-11-5-4-10(13)7-9(11)8-15-16-12(14)17/h4-5,7-8H,2-3,6H2,1H3,(H3,14,16,17)/b15-8+. The van der Waals surface area contributed by atoms with Crippen molar-refractivity contribution in [2.24, 2.45) is 10.8 Å². The molecule has 1 aromatic carbocycles. The number of ether oxygens (including phenoxy) is 1. The molecule has 1 aromatic rings. The maximum Gasteiger partial charge on any atom is 0.332 e.